The first-order valence-corrected chi connectivity index (χ1v) is 6.74. The van der Waals surface area contributed by atoms with Crippen LogP contribution in [0.5, 0.6) is 0 Å². The van der Waals surface area contributed by atoms with Crippen LogP contribution < -0.4 is 5.32 Å². The van der Waals surface area contributed by atoms with Gasteiger partial charge in [-0.05, 0) is 32.7 Å². The van der Waals surface area contributed by atoms with Gasteiger partial charge in [0.15, 0.2) is 0 Å². The smallest absolute Gasteiger partial charge is 0.0704 e. The maximum atomic E-state index is 9.47. The first-order valence-electron chi connectivity index (χ1n) is 6.74. The third kappa shape index (κ3) is 5.20. The van der Waals surface area contributed by atoms with Crippen LogP contribution in [0.15, 0.2) is 0 Å². The Kier molecular flexibility index (Phi) is 7.77. The lowest BCUT2D eigenvalue weighted by Gasteiger charge is -2.39. The minimum absolute atomic E-state index is 0.153. The zero-order chi connectivity index (χ0) is 13.3. The fraction of sp³-hybridized carbons (Fsp3) is 1.00. The molecule has 18 heavy (non-hydrogen) atoms. The molecule has 5 heteroatoms. The summed E-state index contributed by atoms with van der Waals surface area (Å²) in [5.74, 6) is 0. The van der Waals surface area contributed by atoms with Crippen molar-refractivity contribution in [2.75, 3.05) is 47.2 Å². The van der Waals surface area contributed by atoms with Gasteiger partial charge in [0.1, 0.15) is 0 Å². The van der Waals surface area contributed by atoms with E-state index in [0.717, 1.165) is 25.7 Å². The molecule has 108 valence electrons. The second kappa shape index (κ2) is 8.82. The molecule has 1 aliphatic carbocycles. The van der Waals surface area contributed by atoms with E-state index < -0.39 is 0 Å². The zero-order valence-corrected chi connectivity index (χ0v) is 11.6. The van der Waals surface area contributed by atoms with Gasteiger partial charge in [-0.2, -0.15) is 0 Å². The molecule has 5 nitrogen and oxygen atoms in total. The molecule has 0 saturated heterocycles. The van der Waals surface area contributed by atoms with Crippen LogP contribution in [0.25, 0.3) is 0 Å². The summed E-state index contributed by atoms with van der Waals surface area (Å²) in [6.07, 6.45) is 4.28. The molecule has 1 aliphatic rings. The van der Waals surface area contributed by atoms with Gasteiger partial charge >= 0.3 is 0 Å². The predicted molar refractivity (Wildman–Crippen MR) is 69.8 cm³/mol. The van der Waals surface area contributed by atoms with Gasteiger partial charge in [0.05, 0.1) is 39.1 Å². The standard InChI is InChI=1S/C13H27NO4/c1-14-13(11-15)5-3-4-12(10-13)18-9-8-17-7-6-16-2/h12,14-15H,3-11H2,1-2H3. The number of methoxy groups -OCH3 is 1. The molecular formula is C13H27NO4. The van der Waals surface area contributed by atoms with E-state index in [1.807, 2.05) is 7.05 Å². The summed E-state index contributed by atoms with van der Waals surface area (Å²) in [5, 5.41) is 12.7. The lowest BCUT2D eigenvalue weighted by Crippen LogP contribution is -2.51. The Morgan fingerprint density at radius 2 is 2.06 bits per heavy atom. The number of likely N-dealkylation sites (N-methyl/N-ethyl adjacent to an activating group) is 1. The molecule has 0 aromatic rings. The van der Waals surface area contributed by atoms with Gasteiger partial charge in [-0.15, -0.1) is 0 Å². The Hall–Kier alpha value is -0.200. The van der Waals surface area contributed by atoms with E-state index in [-0.39, 0.29) is 18.2 Å². The number of ether oxygens (including phenoxy) is 3. The van der Waals surface area contributed by atoms with Gasteiger partial charge < -0.3 is 24.6 Å². The average molecular weight is 261 g/mol. The Labute approximate surface area is 110 Å². The van der Waals surface area contributed by atoms with Crippen LogP contribution >= 0.6 is 0 Å². The molecule has 0 amide bonds. The fourth-order valence-electron chi connectivity index (χ4n) is 2.42. The molecule has 0 aromatic carbocycles. The van der Waals surface area contributed by atoms with Gasteiger partial charge in [0, 0.05) is 12.6 Å². The van der Waals surface area contributed by atoms with Crippen LogP contribution in [0.2, 0.25) is 0 Å². The topological polar surface area (TPSA) is 60.0 Å². The van der Waals surface area contributed by atoms with Crippen LogP contribution in [-0.4, -0.2) is 63.9 Å². The molecule has 0 aromatic heterocycles. The molecule has 2 N–H and O–H groups in total. The highest BCUT2D eigenvalue weighted by atomic mass is 16.5. The lowest BCUT2D eigenvalue weighted by atomic mass is 9.81. The van der Waals surface area contributed by atoms with Crippen molar-refractivity contribution in [1.29, 1.82) is 0 Å². The molecule has 2 atom stereocenters. The fourth-order valence-corrected chi connectivity index (χ4v) is 2.42. The van der Waals surface area contributed by atoms with E-state index in [4.69, 9.17) is 14.2 Å². The van der Waals surface area contributed by atoms with Crippen LogP contribution in [0.4, 0.5) is 0 Å². The van der Waals surface area contributed by atoms with Crippen molar-refractivity contribution in [3.8, 4) is 0 Å². The van der Waals surface area contributed by atoms with Gasteiger partial charge in [-0.1, -0.05) is 0 Å². The Balaban J connectivity index is 2.14. The normalized spacial score (nSPS) is 28.5. The van der Waals surface area contributed by atoms with Crippen molar-refractivity contribution >= 4 is 0 Å². The van der Waals surface area contributed by atoms with Crippen molar-refractivity contribution in [3.05, 3.63) is 0 Å². The number of nitrogens with one attached hydrogen (secondary N) is 1. The number of hydrogen-bond acceptors (Lipinski definition) is 5. The number of aliphatic hydroxyl groups excluding tert-OH is 1. The summed E-state index contributed by atoms with van der Waals surface area (Å²) in [7, 11) is 3.57. The van der Waals surface area contributed by atoms with Gasteiger partial charge in [0.25, 0.3) is 0 Å². The second-order valence-corrected chi connectivity index (χ2v) is 4.88. The lowest BCUT2D eigenvalue weighted by molar-refractivity contribution is -0.0407. The van der Waals surface area contributed by atoms with Gasteiger partial charge in [0.2, 0.25) is 0 Å². The molecule has 1 fully saturated rings. The second-order valence-electron chi connectivity index (χ2n) is 4.88. The first-order chi connectivity index (χ1) is 8.76. The predicted octanol–water partition coefficient (Wildman–Crippen LogP) is 0.559. The number of rotatable bonds is 9. The van der Waals surface area contributed by atoms with Crippen molar-refractivity contribution in [2.45, 2.75) is 37.3 Å². The maximum Gasteiger partial charge on any atom is 0.0704 e. The summed E-state index contributed by atoms with van der Waals surface area (Å²) in [4.78, 5) is 0. The van der Waals surface area contributed by atoms with Crippen LogP contribution in [0, 0.1) is 0 Å². The SMILES string of the molecule is CNC1(CO)CCCC(OCCOCCOC)C1. The summed E-state index contributed by atoms with van der Waals surface area (Å²) < 4.78 is 16.1. The highest BCUT2D eigenvalue weighted by Crippen LogP contribution is 2.29. The first kappa shape index (κ1) is 15.9. The molecule has 0 radical (unpaired) electrons. The van der Waals surface area contributed by atoms with E-state index >= 15 is 0 Å². The number of hydrogen-bond donors (Lipinski definition) is 2. The highest BCUT2D eigenvalue weighted by molar-refractivity contribution is 4.92. The third-order valence-corrected chi connectivity index (χ3v) is 3.65. The molecule has 0 aliphatic heterocycles. The largest absolute Gasteiger partial charge is 0.394 e. The summed E-state index contributed by atoms with van der Waals surface area (Å²) in [5.41, 5.74) is -0.153. The van der Waals surface area contributed by atoms with E-state index in [1.54, 1.807) is 7.11 Å². The van der Waals surface area contributed by atoms with Crippen molar-refractivity contribution in [1.82, 2.24) is 5.32 Å². The molecular weight excluding hydrogens is 234 g/mol. The summed E-state index contributed by atoms with van der Waals surface area (Å²) in [6.45, 7) is 2.62. The van der Waals surface area contributed by atoms with Crippen LogP contribution in [0.3, 0.4) is 0 Å². The third-order valence-electron chi connectivity index (χ3n) is 3.65. The molecule has 1 saturated carbocycles. The molecule has 2 unspecified atom stereocenters. The van der Waals surface area contributed by atoms with E-state index in [9.17, 15) is 5.11 Å². The van der Waals surface area contributed by atoms with Crippen molar-refractivity contribution in [3.63, 3.8) is 0 Å². The number of aliphatic hydroxyl groups is 1. The zero-order valence-electron chi connectivity index (χ0n) is 11.6. The van der Waals surface area contributed by atoms with E-state index in [0.29, 0.717) is 26.4 Å². The van der Waals surface area contributed by atoms with E-state index in [1.165, 1.54) is 0 Å². The molecule has 1 rings (SSSR count). The van der Waals surface area contributed by atoms with Gasteiger partial charge in [-0.25, -0.2) is 0 Å². The summed E-state index contributed by atoms with van der Waals surface area (Å²) >= 11 is 0. The minimum atomic E-state index is -0.153. The average Bonchev–Trinajstić information content (AvgIpc) is 2.43. The van der Waals surface area contributed by atoms with Crippen LogP contribution in [-0.2, 0) is 14.2 Å². The maximum absolute atomic E-state index is 9.47. The highest BCUT2D eigenvalue weighted by Gasteiger charge is 2.34. The van der Waals surface area contributed by atoms with Crippen molar-refractivity contribution in [2.24, 2.45) is 0 Å². The Morgan fingerprint density at radius 1 is 1.28 bits per heavy atom. The molecule has 0 bridgehead atoms. The van der Waals surface area contributed by atoms with Crippen LogP contribution in [0.1, 0.15) is 25.7 Å². The monoisotopic (exact) mass is 261 g/mol. The quantitative estimate of drug-likeness (QED) is 0.594. The van der Waals surface area contributed by atoms with Gasteiger partial charge in [-0.3, -0.25) is 0 Å². The summed E-state index contributed by atoms with van der Waals surface area (Å²) in [6, 6.07) is 0. The Morgan fingerprint density at radius 3 is 2.72 bits per heavy atom. The minimum Gasteiger partial charge on any atom is -0.394 e. The molecule has 0 spiro atoms. The van der Waals surface area contributed by atoms with Crippen molar-refractivity contribution < 1.29 is 19.3 Å². The van der Waals surface area contributed by atoms with E-state index in [2.05, 4.69) is 5.32 Å². The molecule has 0 heterocycles. The Bertz CT molecular complexity index is 209.